The summed E-state index contributed by atoms with van der Waals surface area (Å²) in [6, 6.07) is 9.78. The fourth-order valence-electron chi connectivity index (χ4n) is 5.41. The van der Waals surface area contributed by atoms with Crippen molar-refractivity contribution < 1.29 is 23.5 Å². The number of alkyl halides is 1. The number of H-pyrrole nitrogens is 1. The molecule has 3 atom stereocenters. The van der Waals surface area contributed by atoms with E-state index in [1.807, 2.05) is 25.1 Å². The summed E-state index contributed by atoms with van der Waals surface area (Å²) in [6.07, 6.45) is 6.65. The van der Waals surface area contributed by atoms with E-state index in [9.17, 15) is 18.8 Å². The van der Waals surface area contributed by atoms with Crippen molar-refractivity contribution in [3.05, 3.63) is 83.5 Å². The molecular formula is C31H35FN6O4. The van der Waals surface area contributed by atoms with Crippen LogP contribution in [0.1, 0.15) is 35.8 Å². The lowest BCUT2D eigenvalue weighted by atomic mass is 10.0. The number of hydrogen-bond acceptors (Lipinski definition) is 6. The molecule has 1 aliphatic heterocycles. The Morgan fingerprint density at radius 3 is 2.81 bits per heavy atom. The van der Waals surface area contributed by atoms with Crippen LogP contribution in [0, 0.1) is 5.92 Å². The van der Waals surface area contributed by atoms with E-state index in [1.54, 1.807) is 49.8 Å². The van der Waals surface area contributed by atoms with Gasteiger partial charge in [0.05, 0.1) is 25.4 Å². The number of amides is 3. The number of likely N-dealkylation sites (tertiary alicyclic amines) is 1. The van der Waals surface area contributed by atoms with Gasteiger partial charge in [-0.25, -0.2) is 4.39 Å². The molecule has 3 amide bonds. The van der Waals surface area contributed by atoms with Crippen molar-refractivity contribution in [3.63, 3.8) is 0 Å². The molecule has 2 aromatic heterocycles. The van der Waals surface area contributed by atoms with Gasteiger partial charge in [0.25, 0.3) is 5.91 Å². The number of benzene rings is 1. The van der Waals surface area contributed by atoms with Gasteiger partial charge in [-0.15, -0.1) is 0 Å². The lowest BCUT2D eigenvalue weighted by Crippen LogP contribution is -2.48. The third-order valence-corrected chi connectivity index (χ3v) is 7.54. The van der Waals surface area contributed by atoms with Gasteiger partial charge >= 0.3 is 0 Å². The maximum atomic E-state index is 14.4. The molecule has 220 valence electrons. The minimum atomic E-state index is -1.14. The number of aromatic amines is 1. The van der Waals surface area contributed by atoms with Gasteiger partial charge in [0, 0.05) is 66.2 Å². The summed E-state index contributed by atoms with van der Waals surface area (Å²) < 4.78 is 19.7. The Kier molecular flexibility index (Phi) is 8.97. The molecule has 10 nitrogen and oxygen atoms in total. The van der Waals surface area contributed by atoms with Gasteiger partial charge in [-0.2, -0.15) is 0 Å². The third-order valence-electron chi connectivity index (χ3n) is 7.54. The number of carbonyl (C=O) groups is 3. The van der Waals surface area contributed by atoms with E-state index in [0.717, 1.165) is 22.2 Å². The molecule has 4 N–H and O–H groups in total. The first-order valence-electron chi connectivity index (χ1n) is 13.9. The third kappa shape index (κ3) is 6.85. The molecule has 0 radical (unpaired) electrons. The predicted octanol–water partition coefficient (Wildman–Crippen LogP) is 3.46. The van der Waals surface area contributed by atoms with Crippen LogP contribution in [0.15, 0.2) is 72.2 Å². The molecule has 0 spiro atoms. The summed E-state index contributed by atoms with van der Waals surface area (Å²) in [5.74, 6) is -1.07. The maximum Gasteiger partial charge on any atom is 0.251 e. The number of nitrogens with zero attached hydrogens (tertiary/aromatic N) is 2. The number of halogens is 1. The molecule has 5 rings (SSSR count). The van der Waals surface area contributed by atoms with Crippen molar-refractivity contribution >= 4 is 34.3 Å². The molecule has 1 saturated heterocycles. The standard InChI is InChI=1S/C31H35FN6O4/c1-19-6-7-27(25(32)10-19)36-23-5-3-4-21(12-23)30(40)35-16-29(39)38-17-20(18-42-2)11-28(38)31(41)34-15-24-13-22-14-33-9-8-26(22)37-24/h3-9,12-14,20,25,28,36-37H,10-11,15-18H2,1-2H3,(H,34,41)(H,35,40)/t20-,25?,28?/m1/s1. The first-order chi connectivity index (χ1) is 20.3. The Balaban J connectivity index is 1.18. The maximum absolute atomic E-state index is 14.4. The minimum absolute atomic E-state index is 0.000590. The second-order valence-corrected chi connectivity index (χ2v) is 10.8. The second-order valence-electron chi connectivity index (χ2n) is 10.8. The smallest absolute Gasteiger partial charge is 0.251 e. The molecule has 1 aliphatic carbocycles. The van der Waals surface area contributed by atoms with E-state index in [-0.39, 0.29) is 30.8 Å². The van der Waals surface area contributed by atoms with Crippen molar-refractivity contribution in [3.8, 4) is 0 Å². The van der Waals surface area contributed by atoms with Gasteiger partial charge < -0.3 is 30.6 Å². The predicted molar refractivity (Wildman–Crippen MR) is 157 cm³/mol. The number of anilines is 1. The molecule has 0 saturated carbocycles. The largest absolute Gasteiger partial charge is 0.384 e. The normalized spacial score (nSPS) is 20.2. The highest BCUT2D eigenvalue weighted by Gasteiger charge is 2.39. The zero-order valence-corrected chi connectivity index (χ0v) is 23.7. The van der Waals surface area contributed by atoms with Gasteiger partial charge in [0.1, 0.15) is 12.2 Å². The number of carbonyl (C=O) groups excluding carboxylic acids is 3. The number of allylic oxidation sites excluding steroid dienone is 4. The zero-order valence-electron chi connectivity index (χ0n) is 23.7. The average molecular weight is 575 g/mol. The quantitative estimate of drug-likeness (QED) is 0.294. The van der Waals surface area contributed by atoms with Crippen LogP contribution in [0.5, 0.6) is 0 Å². The Morgan fingerprint density at radius 1 is 1.17 bits per heavy atom. The highest BCUT2D eigenvalue weighted by molar-refractivity contribution is 5.98. The minimum Gasteiger partial charge on any atom is -0.384 e. The number of aromatic nitrogens is 2. The van der Waals surface area contributed by atoms with Crippen LogP contribution in [-0.2, 0) is 20.9 Å². The van der Waals surface area contributed by atoms with Gasteiger partial charge in [0.2, 0.25) is 11.8 Å². The van der Waals surface area contributed by atoms with Crippen LogP contribution in [0.4, 0.5) is 10.1 Å². The zero-order chi connectivity index (χ0) is 29.6. The monoisotopic (exact) mass is 574 g/mol. The van der Waals surface area contributed by atoms with Gasteiger partial charge in [-0.1, -0.05) is 17.7 Å². The molecule has 3 aromatic rings. The van der Waals surface area contributed by atoms with Crippen LogP contribution in [-0.4, -0.2) is 71.6 Å². The van der Waals surface area contributed by atoms with Crippen molar-refractivity contribution in [1.29, 1.82) is 0 Å². The summed E-state index contributed by atoms with van der Waals surface area (Å²) in [4.78, 5) is 48.2. The molecule has 2 unspecified atom stereocenters. The highest BCUT2D eigenvalue weighted by atomic mass is 19.1. The molecular weight excluding hydrogens is 539 g/mol. The van der Waals surface area contributed by atoms with E-state index in [4.69, 9.17) is 4.74 Å². The molecule has 2 aliphatic rings. The summed E-state index contributed by atoms with van der Waals surface area (Å²) in [7, 11) is 1.59. The van der Waals surface area contributed by atoms with Crippen LogP contribution in [0.25, 0.3) is 10.9 Å². The van der Waals surface area contributed by atoms with Crippen molar-refractivity contribution in [2.75, 3.05) is 32.1 Å². The summed E-state index contributed by atoms with van der Waals surface area (Å²) in [6.45, 7) is 2.66. The molecule has 11 heteroatoms. The Labute approximate surface area is 243 Å². The number of rotatable bonds is 10. The number of pyridine rings is 1. The van der Waals surface area contributed by atoms with Gasteiger partial charge in [-0.05, 0) is 49.8 Å². The van der Waals surface area contributed by atoms with Crippen LogP contribution in [0.2, 0.25) is 0 Å². The van der Waals surface area contributed by atoms with Crippen LogP contribution < -0.4 is 16.0 Å². The Bertz CT molecular complexity index is 1500. The lowest BCUT2D eigenvalue weighted by molar-refractivity contribution is -0.137. The number of ether oxygens (including phenoxy) is 1. The van der Waals surface area contributed by atoms with Crippen LogP contribution >= 0.6 is 0 Å². The first-order valence-corrected chi connectivity index (χ1v) is 13.9. The SMILES string of the molecule is COC[C@@H]1CC(C(=O)NCc2cc3cnccc3[nH]2)N(C(=O)CNC(=O)c2cccc(NC3=CC=C(C)CC3F)c2)C1. The van der Waals surface area contributed by atoms with E-state index in [1.165, 1.54) is 4.90 Å². The second kappa shape index (κ2) is 13.0. The summed E-state index contributed by atoms with van der Waals surface area (Å²) >= 11 is 0. The average Bonchev–Trinajstić information content (AvgIpc) is 3.60. The molecule has 1 fully saturated rings. The van der Waals surface area contributed by atoms with Gasteiger partial charge in [-0.3, -0.25) is 19.4 Å². The molecule has 42 heavy (non-hydrogen) atoms. The number of nitrogens with one attached hydrogen (secondary N) is 4. The molecule has 1 aromatic carbocycles. The fourth-order valence-corrected chi connectivity index (χ4v) is 5.41. The van der Waals surface area contributed by atoms with E-state index in [0.29, 0.717) is 42.9 Å². The Hall–Kier alpha value is -4.51. The molecule has 0 bridgehead atoms. The number of methoxy groups -OCH3 is 1. The molecule has 3 heterocycles. The van der Waals surface area contributed by atoms with Crippen molar-refractivity contribution in [2.24, 2.45) is 5.92 Å². The van der Waals surface area contributed by atoms with E-state index in [2.05, 4.69) is 25.9 Å². The number of fused-ring (bicyclic) bond motifs is 1. The summed E-state index contributed by atoms with van der Waals surface area (Å²) in [5, 5.41) is 9.59. The van der Waals surface area contributed by atoms with E-state index < -0.39 is 18.1 Å². The van der Waals surface area contributed by atoms with Crippen molar-refractivity contribution in [1.82, 2.24) is 25.5 Å². The van der Waals surface area contributed by atoms with Crippen LogP contribution in [0.3, 0.4) is 0 Å². The van der Waals surface area contributed by atoms with Crippen molar-refractivity contribution in [2.45, 2.75) is 38.5 Å². The number of hydrogen-bond donors (Lipinski definition) is 4. The Morgan fingerprint density at radius 2 is 2.02 bits per heavy atom. The summed E-state index contributed by atoms with van der Waals surface area (Å²) in [5.41, 5.74) is 4.04. The van der Waals surface area contributed by atoms with Gasteiger partial charge in [0.15, 0.2) is 0 Å². The highest BCUT2D eigenvalue weighted by Crippen LogP contribution is 2.25. The van der Waals surface area contributed by atoms with E-state index >= 15 is 0 Å². The lowest BCUT2D eigenvalue weighted by Gasteiger charge is -2.24. The fraction of sp³-hybridized carbons (Fsp3) is 0.355. The first kappa shape index (κ1) is 29.0. The topological polar surface area (TPSA) is 128 Å².